The molecule has 1 unspecified atom stereocenters. The van der Waals surface area contributed by atoms with Crippen LogP contribution in [0.3, 0.4) is 0 Å². The molecule has 0 spiro atoms. The Morgan fingerprint density at radius 1 is 1.22 bits per heavy atom. The normalized spacial score (nSPS) is 15.5. The number of anilines is 2. The van der Waals surface area contributed by atoms with Gasteiger partial charge in [-0.2, -0.15) is 0 Å². The van der Waals surface area contributed by atoms with Gasteiger partial charge in [0.05, 0.1) is 17.5 Å². The van der Waals surface area contributed by atoms with E-state index in [-0.39, 0.29) is 29.5 Å². The Morgan fingerprint density at radius 3 is 2.63 bits per heavy atom. The molecule has 1 aliphatic heterocycles. The zero-order chi connectivity index (χ0) is 19.6. The molecule has 0 saturated carbocycles. The monoisotopic (exact) mass is 403 g/mol. The van der Waals surface area contributed by atoms with Gasteiger partial charge in [0.25, 0.3) is 5.91 Å². The van der Waals surface area contributed by atoms with Crippen LogP contribution in [0.25, 0.3) is 0 Å². The molecule has 6 nitrogen and oxygen atoms in total. The fraction of sp³-hybridized carbons (Fsp3) is 0.211. The van der Waals surface area contributed by atoms with Gasteiger partial charge in [-0.3, -0.25) is 14.4 Å². The van der Waals surface area contributed by atoms with Crippen molar-refractivity contribution in [3.8, 4) is 0 Å². The maximum absolute atomic E-state index is 12.6. The van der Waals surface area contributed by atoms with E-state index in [1.807, 2.05) is 13.0 Å². The summed E-state index contributed by atoms with van der Waals surface area (Å²) in [6, 6.07) is 11.9. The molecular weight excluding hydrogens is 386 g/mol. The third-order valence-corrected chi connectivity index (χ3v) is 5.44. The summed E-state index contributed by atoms with van der Waals surface area (Å²) in [7, 11) is 1.55. The highest BCUT2D eigenvalue weighted by atomic mass is 35.5. The number of benzene rings is 2. The van der Waals surface area contributed by atoms with Crippen LogP contribution in [0, 0.1) is 0 Å². The fourth-order valence-corrected chi connectivity index (χ4v) is 3.64. The highest BCUT2D eigenvalue weighted by Gasteiger charge is 2.24. The number of thioether (sulfide) groups is 1. The maximum Gasteiger partial charge on any atom is 0.254 e. The minimum absolute atomic E-state index is 0.0900. The van der Waals surface area contributed by atoms with Crippen LogP contribution in [0.15, 0.2) is 47.4 Å². The number of rotatable bonds is 4. The first kappa shape index (κ1) is 19.3. The number of likely N-dealkylation sites (N-methyl/N-ethyl adjacent to an activating group) is 1. The van der Waals surface area contributed by atoms with E-state index in [0.29, 0.717) is 22.0 Å². The summed E-state index contributed by atoms with van der Waals surface area (Å²) >= 11 is 7.27. The van der Waals surface area contributed by atoms with Gasteiger partial charge in [0.15, 0.2) is 0 Å². The molecule has 2 N–H and O–H groups in total. The van der Waals surface area contributed by atoms with Gasteiger partial charge >= 0.3 is 0 Å². The van der Waals surface area contributed by atoms with E-state index in [9.17, 15) is 14.4 Å². The van der Waals surface area contributed by atoms with Gasteiger partial charge in [-0.25, -0.2) is 0 Å². The molecule has 2 aromatic rings. The highest BCUT2D eigenvalue weighted by Crippen LogP contribution is 2.36. The van der Waals surface area contributed by atoms with Crippen LogP contribution in [0.4, 0.5) is 11.4 Å². The Labute approximate surface area is 166 Å². The number of nitrogens with zero attached hydrogens (tertiary/aromatic N) is 1. The van der Waals surface area contributed by atoms with E-state index in [1.54, 1.807) is 43.4 Å². The minimum atomic E-state index is -0.316. The Bertz CT molecular complexity index is 902. The summed E-state index contributed by atoms with van der Waals surface area (Å²) in [4.78, 5) is 38.8. The number of hydrogen-bond acceptors (Lipinski definition) is 4. The Morgan fingerprint density at radius 2 is 1.93 bits per heavy atom. The van der Waals surface area contributed by atoms with E-state index in [0.717, 1.165) is 4.90 Å². The molecule has 0 aliphatic carbocycles. The highest BCUT2D eigenvalue weighted by molar-refractivity contribution is 8.00. The average Bonchev–Trinajstić information content (AvgIpc) is 2.63. The topological polar surface area (TPSA) is 78.5 Å². The van der Waals surface area contributed by atoms with Crippen molar-refractivity contribution in [3.63, 3.8) is 0 Å². The molecule has 0 radical (unpaired) electrons. The molecule has 3 rings (SSSR count). The maximum atomic E-state index is 12.6. The number of fused-ring (bicyclic) bond motifs is 1. The lowest BCUT2D eigenvalue weighted by molar-refractivity contribution is -0.117. The second-order valence-corrected chi connectivity index (χ2v) is 8.00. The summed E-state index contributed by atoms with van der Waals surface area (Å²) in [6.07, 6.45) is 0. The van der Waals surface area contributed by atoms with Crippen LogP contribution in [-0.4, -0.2) is 41.5 Å². The van der Waals surface area contributed by atoms with Crippen LogP contribution >= 0.6 is 23.4 Å². The summed E-state index contributed by atoms with van der Waals surface area (Å²) in [5, 5.41) is 5.92. The fourth-order valence-electron chi connectivity index (χ4n) is 2.58. The van der Waals surface area contributed by atoms with Gasteiger partial charge in [-0.1, -0.05) is 11.6 Å². The number of carbonyl (C=O) groups excluding carboxylic acids is 3. The van der Waals surface area contributed by atoms with Crippen molar-refractivity contribution in [2.75, 3.05) is 24.2 Å². The number of hydrogen-bond donors (Lipinski definition) is 2. The summed E-state index contributed by atoms with van der Waals surface area (Å²) < 4.78 is 0. The summed E-state index contributed by atoms with van der Waals surface area (Å²) in [6.45, 7) is 1.73. The van der Waals surface area contributed by atoms with Gasteiger partial charge in [-0.05, 0) is 49.4 Å². The Kier molecular flexibility index (Phi) is 5.72. The van der Waals surface area contributed by atoms with Crippen molar-refractivity contribution in [3.05, 3.63) is 53.1 Å². The number of halogens is 1. The molecule has 27 heavy (non-hydrogen) atoms. The zero-order valence-corrected chi connectivity index (χ0v) is 16.4. The van der Waals surface area contributed by atoms with Gasteiger partial charge in [0, 0.05) is 28.2 Å². The van der Waals surface area contributed by atoms with Gasteiger partial charge in [0.1, 0.15) is 0 Å². The van der Waals surface area contributed by atoms with E-state index in [1.165, 1.54) is 16.7 Å². The Hall–Kier alpha value is -2.51. The molecule has 8 heteroatoms. The first-order valence-electron chi connectivity index (χ1n) is 8.26. The molecule has 0 saturated heterocycles. The number of carbonyl (C=O) groups is 3. The molecule has 1 aliphatic rings. The van der Waals surface area contributed by atoms with Crippen molar-refractivity contribution in [2.24, 2.45) is 0 Å². The second kappa shape index (κ2) is 8.02. The molecule has 0 bridgehead atoms. The lowest BCUT2D eigenvalue weighted by Gasteiger charge is -2.23. The standard InChI is InChI=1S/C19H18ClN3O3S/c1-11-18(25)22-15-9-12(3-8-16(15)27-11)19(26)23(2)10-17(24)21-14-6-4-13(20)5-7-14/h3-9,11H,10H2,1-2H3,(H,21,24)(H,22,25). The SMILES string of the molecule is CC1Sc2ccc(C(=O)N(C)CC(=O)Nc3ccc(Cl)cc3)cc2NC1=O. The molecular formula is C19H18ClN3O3S. The third kappa shape index (κ3) is 4.61. The van der Waals surface area contributed by atoms with Gasteiger partial charge in [-0.15, -0.1) is 11.8 Å². The van der Waals surface area contributed by atoms with Crippen molar-refractivity contribution in [1.29, 1.82) is 0 Å². The molecule has 1 heterocycles. The third-order valence-electron chi connectivity index (χ3n) is 4.01. The van der Waals surface area contributed by atoms with Crippen molar-refractivity contribution in [1.82, 2.24) is 4.90 Å². The van der Waals surface area contributed by atoms with Crippen molar-refractivity contribution >= 4 is 52.5 Å². The average molecular weight is 404 g/mol. The van der Waals surface area contributed by atoms with Crippen LogP contribution in [0.1, 0.15) is 17.3 Å². The van der Waals surface area contributed by atoms with Crippen LogP contribution in [0.5, 0.6) is 0 Å². The quantitative estimate of drug-likeness (QED) is 0.819. The molecule has 3 amide bonds. The van der Waals surface area contributed by atoms with Crippen molar-refractivity contribution in [2.45, 2.75) is 17.1 Å². The molecule has 1 atom stereocenters. The van der Waals surface area contributed by atoms with E-state index >= 15 is 0 Å². The Balaban J connectivity index is 1.65. The molecule has 0 fully saturated rings. The first-order valence-corrected chi connectivity index (χ1v) is 9.51. The van der Waals surface area contributed by atoms with Crippen LogP contribution in [-0.2, 0) is 9.59 Å². The van der Waals surface area contributed by atoms with E-state index < -0.39 is 0 Å². The lowest BCUT2D eigenvalue weighted by atomic mass is 10.1. The van der Waals surface area contributed by atoms with E-state index in [4.69, 9.17) is 11.6 Å². The van der Waals surface area contributed by atoms with Crippen molar-refractivity contribution < 1.29 is 14.4 Å². The number of nitrogens with one attached hydrogen (secondary N) is 2. The smallest absolute Gasteiger partial charge is 0.254 e. The second-order valence-electron chi connectivity index (χ2n) is 6.18. The van der Waals surface area contributed by atoms with Crippen LogP contribution in [0.2, 0.25) is 5.02 Å². The first-order chi connectivity index (χ1) is 12.8. The van der Waals surface area contributed by atoms with Crippen LogP contribution < -0.4 is 10.6 Å². The molecule has 140 valence electrons. The molecule has 0 aromatic heterocycles. The van der Waals surface area contributed by atoms with Gasteiger partial charge in [0.2, 0.25) is 11.8 Å². The van der Waals surface area contributed by atoms with Gasteiger partial charge < -0.3 is 15.5 Å². The molecule has 2 aromatic carbocycles. The largest absolute Gasteiger partial charge is 0.332 e. The predicted molar refractivity (Wildman–Crippen MR) is 107 cm³/mol. The summed E-state index contributed by atoms with van der Waals surface area (Å²) in [5.41, 5.74) is 1.63. The number of amides is 3. The minimum Gasteiger partial charge on any atom is -0.332 e. The lowest BCUT2D eigenvalue weighted by Crippen LogP contribution is -2.35. The zero-order valence-electron chi connectivity index (χ0n) is 14.8. The van der Waals surface area contributed by atoms with E-state index in [2.05, 4.69) is 10.6 Å². The summed E-state index contributed by atoms with van der Waals surface area (Å²) in [5.74, 6) is -0.710. The predicted octanol–water partition coefficient (Wildman–Crippen LogP) is 3.48.